The molecule has 1 aromatic heterocycles. The number of benzene rings is 2. The van der Waals surface area contributed by atoms with Crippen LogP contribution in [-0.2, 0) is 0 Å². The highest BCUT2D eigenvalue weighted by Crippen LogP contribution is 2.18. The number of hydrogen-bond donors (Lipinski definition) is 1. The summed E-state index contributed by atoms with van der Waals surface area (Å²) >= 11 is 0. The van der Waals surface area contributed by atoms with Gasteiger partial charge in [0, 0.05) is 11.3 Å². The second-order valence-corrected chi connectivity index (χ2v) is 5.07. The summed E-state index contributed by atoms with van der Waals surface area (Å²) in [6, 6.07) is 13.1. The van der Waals surface area contributed by atoms with Gasteiger partial charge in [0.25, 0.3) is 5.91 Å². The van der Waals surface area contributed by atoms with E-state index in [0.717, 1.165) is 22.5 Å². The van der Waals surface area contributed by atoms with Crippen LogP contribution in [0.15, 0.2) is 48.8 Å². The number of amides is 1. The summed E-state index contributed by atoms with van der Waals surface area (Å²) in [5.41, 5.74) is 4.35. The number of tetrazole rings is 1. The van der Waals surface area contributed by atoms with Crippen molar-refractivity contribution < 1.29 is 4.79 Å². The maximum absolute atomic E-state index is 12.3. The second kappa shape index (κ2) is 5.77. The second-order valence-electron chi connectivity index (χ2n) is 5.07. The predicted molar refractivity (Wildman–Crippen MR) is 83.0 cm³/mol. The van der Waals surface area contributed by atoms with Crippen LogP contribution in [0, 0.1) is 13.8 Å². The molecule has 0 unspecified atom stereocenters. The molecule has 6 nitrogen and oxygen atoms in total. The van der Waals surface area contributed by atoms with Gasteiger partial charge in [-0.15, -0.1) is 5.10 Å². The summed E-state index contributed by atoms with van der Waals surface area (Å²) in [5, 5.41) is 13.9. The maximum atomic E-state index is 12.3. The number of carbonyl (C=O) groups is 1. The van der Waals surface area contributed by atoms with Crippen molar-refractivity contribution in [2.45, 2.75) is 13.8 Å². The highest BCUT2D eigenvalue weighted by atomic mass is 16.1. The topological polar surface area (TPSA) is 72.7 Å². The van der Waals surface area contributed by atoms with Crippen molar-refractivity contribution in [3.63, 3.8) is 0 Å². The molecular weight excluding hydrogens is 278 g/mol. The first-order chi connectivity index (χ1) is 10.6. The molecule has 0 aliphatic rings. The molecule has 0 aliphatic carbocycles. The van der Waals surface area contributed by atoms with E-state index in [-0.39, 0.29) is 5.91 Å². The van der Waals surface area contributed by atoms with Crippen molar-refractivity contribution >= 4 is 11.6 Å². The summed E-state index contributed by atoms with van der Waals surface area (Å²) in [6.45, 7) is 3.96. The molecule has 0 saturated carbocycles. The number of hydrogen-bond acceptors (Lipinski definition) is 4. The van der Waals surface area contributed by atoms with E-state index in [2.05, 4.69) is 20.8 Å². The van der Waals surface area contributed by atoms with Crippen LogP contribution in [-0.4, -0.2) is 26.1 Å². The zero-order valence-corrected chi connectivity index (χ0v) is 12.3. The van der Waals surface area contributed by atoms with Gasteiger partial charge in [0.1, 0.15) is 6.33 Å². The third-order valence-electron chi connectivity index (χ3n) is 3.38. The minimum absolute atomic E-state index is 0.142. The Morgan fingerprint density at radius 2 is 1.86 bits per heavy atom. The molecule has 0 saturated heterocycles. The van der Waals surface area contributed by atoms with Crippen molar-refractivity contribution in [1.82, 2.24) is 20.2 Å². The zero-order valence-electron chi connectivity index (χ0n) is 12.3. The molecule has 0 aliphatic heterocycles. The Hall–Kier alpha value is -3.02. The molecule has 22 heavy (non-hydrogen) atoms. The minimum atomic E-state index is -0.142. The number of anilines is 1. The number of nitrogens with zero attached hydrogens (tertiary/aromatic N) is 4. The predicted octanol–water partition coefficient (Wildman–Crippen LogP) is 2.53. The molecule has 0 fully saturated rings. The SMILES string of the molecule is Cc1ccc(C)c(NC(=O)c2ccc(-n3cnnn3)cc2)c1. The average molecular weight is 293 g/mol. The highest BCUT2D eigenvalue weighted by molar-refractivity contribution is 6.04. The molecule has 0 bridgehead atoms. The van der Waals surface area contributed by atoms with Crippen molar-refractivity contribution in [2.24, 2.45) is 0 Å². The lowest BCUT2D eigenvalue weighted by Gasteiger charge is -2.09. The molecular formula is C16H15N5O. The Kier molecular flexibility index (Phi) is 3.65. The molecule has 2 aromatic carbocycles. The molecule has 1 heterocycles. The van der Waals surface area contributed by atoms with Gasteiger partial charge in [-0.1, -0.05) is 12.1 Å². The fourth-order valence-electron chi connectivity index (χ4n) is 2.11. The van der Waals surface area contributed by atoms with E-state index in [9.17, 15) is 4.79 Å². The maximum Gasteiger partial charge on any atom is 0.255 e. The van der Waals surface area contributed by atoms with Crippen LogP contribution in [0.2, 0.25) is 0 Å². The summed E-state index contributed by atoms with van der Waals surface area (Å²) in [5.74, 6) is -0.142. The Labute approximate surface area is 127 Å². The lowest BCUT2D eigenvalue weighted by Crippen LogP contribution is -2.13. The summed E-state index contributed by atoms with van der Waals surface area (Å²) < 4.78 is 1.53. The van der Waals surface area contributed by atoms with E-state index in [1.54, 1.807) is 24.3 Å². The van der Waals surface area contributed by atoms with Gasteiger partial charge in [0.2, 0.25) is 0 Å². The van der Waals surface area contributed by atoms with E-state index in [1.165, 1.54) is 11.0 Å². The summed E-state index contributed by atoms with van der Waals surface area (Å²) in [6.07, 6.45) is 1.51. The smallest absolute Gasteiger partial charge is 0.255 e. The van der Waals surface area contributed by atoms with E-state index >= 15 is 0 Å². The fourth-order valence-corrected chi connectivity index (χ4v) is 2.11. The largest absolute Gasteiger partial charge is 0.322 e. The Bertz CT molecular complexity index is 794. The lowest BCUT2D eigenvalue weighted by atomic mass is 10.1. The Morgan fingerprint density at radius 3 is 2.55 bits per heavy atom. The third kappa shape index (κ3) is 2.85. The van der Waals surface area contributed by atoms with E-state index in [4.69, 9.17) is 0 Å². The molecule has 0 spiro atoms. The van der Waals surface area contributed by atoms with Crippen LogP contribution < -0.4 is 5.32 Å². The van der Waals surface area contributed by atoms with Gasteiger partial charge in [-0.05, 0) is 65.7 Å². The van der Waals surface area contributed by atoms with E-state index in [1.807, 2.05) is 32.0 Å². The van der Waals surface area contributed by atoms with Crippen molar-refractivity contribution in [3.05, 3.63) is 65.5 Å². The van der Waals surface area contributed by atoms with E-state index in [0.29, 0.717) is 5.56 Å². The van der Waals surface area contributed by atoms with E-state index < -0.39 is 0 Å². The first kappa shape index (κ1) is 13.9. The number of rotatable bonds is 3. The van der Waals surface area contributed by atoms with Gasteiger partial charge in [-0.3, -0.25) is 4.79 Å². The number of carbonyl (C=O) groups excluding carboxylic acids is 1. The van der Waals surface area contributed by atoms with Gasteiger partial charge in [0.05, 0.1) is 5.69 Å². The highest BCUT2D eigenvalue weighted by Gasteiger charge is 2.08. The first-order valence-electron chi connectivity index (χ1n) is 6.85. The van der Waals surface area contributed by atoms with Crippen LogP contribution in [0.1, 0.15) is 21.5 Å². The van der Waals surface area contributed by atoms with Crippen LogP contribution in [0.25, 0.3) is 5.69 Å². The summed E-state index contributed by atoms with van der Waals surface area (Å²) in [7, 11) is 0. The van der Waals surface area contributed by atoms with Crippen molar-refractivity contribution in [3.8, 4) is 5.69 Å². The van der Waals surface area contributed by atoms with Crippen LogP contribution in [0.4, 0.5) is 5.69 Å². The van der Waals surface area contributed by atoms with Gasteiger partial charge in [-0.25, -0.2) is 4.68 Å². The van der Waals surface area contributed by atoms with Crippen molar-refractivity contribution in [2.75, 3.05) is 5.32 Å². The summed E-state index contributed by atoms with van der Waals surface area (Å²) in [4.78, 5) is 12.3. The Balaban J connectivity index is 1.79. The van der Waals surface area contributed by atoms with Gasteiger partial charge < -0.3 is 5.32 Å². The molecule has 1 N–H and O–H groups in total. The quantitative estimate of drug-likeness (QED) is 0.805. The molecule has 3 rings (SSSR count). The van der Waals surface area contributed by atoms with Gasteiger partial charge in [0.15, 0.2) is 0 Å². The number of aromatic nitrogens is 4. The fraction of sp³-hybridized carbons (Fsp3) is 0.125. The van der Waals surface area contributed by atoms with Crippen LogP contribution in [0.3, 0.4) is 0 Å². The molecule has 1 amide bonds. The number of aryl methyl sites for hydroxylation is 2. The third-order valence-corrected chi connectivity index (χ3v) is 3.38. The molecule has 0 atom stereocenters. The van der Waals surface area contributed by atoms with Gasteiger partial charge >= 0.3 is 0 Å². The zero-order chi connectivity index (χ0) is 15.5. The molecule has 110 valence electrons. The lowest BCUT2D eigenvalue weighted by molar-refractivity contribution is 0.102. The first-order valence-corrected chi connectivity index (χ1v) is 6.85. The average Bonchev–Trinajstić information content (AvgIpc) is 3.05. The van der Waals surface area contributed by atoms with Crippen LogP contribution in [0.5, 0.6) is 0 Å². The van der Waals surface area contributed by atoms with Crippen LogP contribution >= 0.6 is 0 Å². The minimum Gasteiger partial charge on any atom is -0.322 e. The monoisotopic (exact) mass is 293 g/mol. The number of nitrogens with one attached hydrogen (secondary N) is 1. The van der Waals surface area contributed by atoms with Crippen molar-refractivity contribution in [1.29, 1.82) is 0 Å². The molecule has 6 heteroatoms. The Morgan fingerprint density at radius 1 is 1.09 bits per heavy atom. The molecule has 3 aromatic rings. The van der Waals surface area contributed by atoms with Gasteiger partial charge in [-0.2, -0.15) is 0 Å². The molecule has 0 radical (unpaired) electrons. The normalized spacial score (nSPS) is 10.5. The standard InChI is InChI=1S/C16H15N5O/c1-11-3-4-12(2)15(9-11)18-16(22)13-5-7-14(8-6-13)21-10-17-19-20-21/h3-10H,1-2H3,(H,18,22).